The number of aryl methyl sites for hydroxylation is 1. The van der Waals surface area contributed by atoms with E-state index in [9.17, 15) is 14.9 Å². The van der Waals surface area contributed by atoms with E-state index in [0.29, 0.717) is 26.1 Å². The van der Waals surface area contributed by atoms with Gasteiger partial charge < -0.3 is 0 Å². The van der Waals surface area contributed by atoms with Crippen LogP contribution in [0.4, 0.5) is 0 Å². The molecule has 0 N–H and O–H groups in total. The number of para-hydroxylation sites is 2. The van der Waals surface area contributed by atoms with Gasteiger partial charge in [0.2, 0.25) is 0 Å². The number of thiazole rings is 1. The van der Waals surface area contributed by atoms with E-state index >= 15 is 0 Å². The lowest BCUT2D eigenvalue weighted by molar-refractivity contribution is -0.120. The molecule has 0 bridgehead atoms. The smallest absolute Gasteiger partial charge is 0.273 e. The van der Waals surface area contributed by atoms with Crippen LogP contribution in [-0.2, 0) is 4.79 Å². The first-order valence-corrected chi connectivity index (χ1v) is 13.5. The Kier molecular flexibility index (Phi) is 7.16. The lowest BCUT2D eigenvalue weighted by Gasteiger charge is -2.15. The Labute approximate surface area is 235 Å². The maximum absolute atomic E-state index is 14.0. The molecule has 8 heteroatoms. The Bertz CT molecular complexity index is 1940. The van der Waals surface area contributed by atoms with Crippen molar-refractivity contribution in [2.24, 2.45) is 5.41 Å². The third-order valence-corrected chi connectivity index (χ3v) is 7.49. The van der Waals surface area contributed by atoms with E-state index in [1.807, 2.05) is 79.9 Å². The summed E-state index contributed by atoms with van der Waals surface area (Å²) in [6.45, 7) is 7.19. The fourth-order valence-corrected chi connectivity index (χ4v) is 5.41. The predicted octanol–water partition coefficient (Wildman–Crippen LogP) is 4.57. The minimum Gasteiger partial charge on any atom is -0.293 e. The number of hydrogen-bond donors (Lipinski definition) is 0. The standard InChI is InChI=1S/C32H27N5O2S/c1-21-11-8-9-15-26(21)37-30(39)27(40-31(37)25(18-33)29(38)32(2,3)4)17-23-20-36(24-13-6-5-7-14-24)35-28(23)22-12-10-16-34-19-22/h5-17,19-20H,1-4H3/b27-17-,31-25-. The number of benzene rings is 2. The van der Waals surface area contributed by atoms with Gasteiger partial charge in [0, 0.05) is 35.1 Å². The summed E-state index contributed by atoms with van der Waals surface area (Å²) in [5, 5.41) is 14.9. The highest BCUT2D eigenvalue weighted by Gasteiger charge is 2.28. The van der Waals surface area contributed by atoms with Crippen molar-refractivity contribution < 1.29 is 4.79 Å². The van der Waals surface area contributed by atoms with Gasteiger partial charge in [-0.2, -0.15) is 10.4 Å². The second kappa shape index (κ2) is 10.7. The van der Waals surface area contributed by atoms with Crippen LogP contribution in [0.1, 0.15) is 31.9 Å². The van der Waals surface area contributed by atoms with E-state index < -0.39 is 5.41 Å². The monoisotopic (exact) mass is 545 g/mol. The van der Waals surface area contributed by atoms with E-state index in [-0.39, 0.29) is 16.9 Å². The minimum absolute atomic E-state index is 0.0371. The lowest BCUT2D eigenvalue weighted by atomic mass is 9.87. The number of hydrogen-bond acceptors (Lipinski definition) is 6. The summed E-state index contributed by atoms with van der Waals surface area (Å²) in [5.41, 5.74) is 3.36. The van der Waals surface area contributed by atoms with Crippen molar-refractivity contribution in [1.29, 1.82) is 5.26 Å². The van der Waals surface area contributed by atoms with E-state index in [2.05, 4.69) is 11.1 Å². The van der Waals surface area contributed by atoms with E-state index in [0.717, 1.165) is 28.2 Å². The molecule has 0 spiro atoms. The average molecular weight is 546 g/mol. The van der Waals surface area contributed by atoms with Crippen LogP contribution in [0.5, 0.6) is 0 Å². The molecule has 5 rings (SSSR count). The first kappa shape index (κ1) is 26.7. The molecule has 3 heterocycles. The largest absolute Gasteiger partial charge is 0.293 e. The number of nitrogens with zero attached hydrogens (tertiary/aromatic N) is 5. The molecule has 5 aromatic rings. The fraction of sp³-hybridized carbons (Fsp3) is 0.156. The third kappa shape index (κ3) is 5.07. The highest BCUT2D eigenvalue weighted by molar-refractivity contribution is 7.07. The number of Topliss-reactive ketones (excluding diaryl/α,β-unsaturated/α-hetero) is 1. The third-order valence-electron chi connectivity index (χ3n) is 6.40. The molecule has 0 amide bonds. The average Bonchev–Trinajstić information content (AvgIpc) is 3.51. The Morgan fingerprint density at radius 1 is 1.02 bits per heavy atom. The maximum atomic E-state index is 14.0. The zero-order valence-electron chi connectivity index (χ0n) is 22.6. The Morgan fingerprint density at radius 3 is 2.40 bits per heavy atom. The Balaban J connectivity index is 1.85. The molecule has 198 valence electrons. The highest BCUT2D eigenvalue weighted by Crippen LogP contribution is 2.24. The maximum Gasteiger partial charge on any atom is 0.273 e. The van der Waals surface area contributed by atoms with Crippen molar-refractivity contribution in [2.45, 2.75) is 27.7 Å². The zero-order chi connectivity index (χ0) is 28.4. The molecule has 0 fully saturated rings. The van der Waals surface area contributed by atoms with Gasteiger partial charge in [-0.05, 0) is 48.9 Å². The molecule has 0 unspecified atom stereocenters. The van der Waals surface area contributed by atoms with Crippen molar-refractivity contribution in [3.8, 4) is 28.7 Å². The minimum atomic E-state index is -0.796. The molecule has 40 heavy (non-hydrogen) atoms. The number of pyridine rings is 1. The van der Waals surface area contributed by atoms with Crippen LogP contribution in [0, 0.1) is 23.7 Å². The Morgan fingerprint density at radius 2 is 1.75 bits per heavy atom. The number of ketones is 1. The molecular formula is C32H27N5O2S. The molecule has 0 aliphatic carbocycles. The van der Waals surface area contributed by atoms with E-state index in [1.54, 1.807) is 43.9 Å². The van der Waals surface area contributed by atoms with Crippen LogP contribution in [0.25, 0.3) is 34.3 Å². The highest BCUT2D eigenvalue weighted by atomic mass is 32.1. The van der Waals surface area contributed by atoms with Gasteiger partial charge in [-0.1, -0.05) is 57.2 Å². The number of nitriles is 1. The quantitative estimate of drug-likeness (QED) is 0.323. The van der Waals surface area contributed by atoms with Crippen molar-refractivity contribution in [1.82, 2.24) is 19.3 Å². The van der Waals surface area contributed by atoms with Gasteiger partial charge in [0.25, 0.3) is 5.56 Å². The van der Waals surface area contributed by atoms with Gasteiger partial charge >= 0.3 is 0 Å². The van der Waals surface area contributed by atoms with Gasteiger partial charge in [0.15, 0.2) is 5.78 Å². The van der Waals surface area contributed by atoms with Gasteiger partial charge in [0.1, 0.15) is 22.0 Å². The number of carbonyl (C=O) groups is 1. The molecule has 3 aromatic heterocycles. The first-order chi connectivity index (χ1) is 19.2. The van der Waals surface area contributed by atoms with Crippen LogP contribution < -0.4 is 14.8 Å². The molecule has 7 nitrogen and oxygen atoms in total. The summed E-state index contributed by atoms with van der Waals surface area (Å²) in [7, 11) is 0. The lowest BCUT2D eigenvalue weighted by Crippen LogP contribution is -2.33. The second-order valence-corrected chi connectivity index (χ2v) is 11.4. The van der Waals surface area contributed by atoms with Crippen LogP contribution in [0.15, 0.2) is 90.1 Å². The molecule has 0 saturated heterocycles. The van der Waals surface area contributed by atoms with Crippen LogP contribution in [0.3, 0.4) is 0 Å². The molecule has 0 saturated carbocycles. The fourth-order valence-electron chi connectivity index (χ4n) is 4.33. The number of carbonyl (C=O) groups excluding carboxylic acids is 1. The molecule has 0 radical (unpaired) electrons. The predicted molar refractivity (Wildman–Crippen MR) is 158 cm³/mol. The van der Waals surface area contributed by atoms with Crippen molar-refractivity contribution in [2.75, 3.05) is 0 Å². The van der Waals surface area contributed by atoms with Crippen molar-refractivity contribution in [3.63, 3.8) is 0 Å². The van der Waals surface area contributed by atoms with Crippen molar-refractivity contribution in [3.05, 3.63) is 116 Å². The SMILES string of the molecule is Cc1ccccc1-n1c(=O)/c(=C/c2cn(-c3ccccc3)nc2-c2cccnc2)s/c1=C(/C#N)C(=O)C(C)(C)C. The van der Waals surface area contributed by atoms with Crippen LogP contribution in [-0.4, -0.2) is 25.1 Å². The molecule has 0 aliphatic rings. The topological polar surface area (TPSA) is 93.6 Å². The molecule has 0 aliphatic heterocycles. The molecular weight excluding hydrogens is 518 g/mol. The summed E-state index contributed by atoms with van der Waals surface area (Å²) in [6, 6.07) is 23.0. The van der Waals surface area contributed by atoms with Crippen LogP contribution in [0.2, 0.25) is 0 Å². The summed E-state index contributed by atoms with van der Waals surface area (Å²) >= 11 is 1.13. The molecule has 0 atom stereocenters. The van der Waals surface area contributed by atoms with Crippen LogP contribution >= 0.6 is 11.3 Å². The normalized spacial score (nSPS) is 12.7. The zero-order valence-corrected chi connectivity index (χ0v) is 23.4. The number of rotatable bonds is 5. The van der Waals surface area contributed by atoms with Gasteiger partial charge in [-0.3, -0.25) is 19.1 Å². The first-order valence-electron chi connectivity index (χ1n) is 12.7. The van der Waals surface area contributed by atoms with E-state index in [4.69, 9.17) is 5.10 Å². The number of aromatic nitrogens is 4. The van der Waals surface area contributed by atoms with E-state index in [1.165, 1.54) is 4.57 Å². The molecule has 2 aromatic carbocycles. The Hall–Kier alpha value is -4.87. The summed E-state index contributed by atoms with van der Waals surface area (Å²) < 4.78 is 3.94. The van der Waals surface area contributed by atoms with Gasteiger partial charge in [-0.25, -0.2) is 4.68 Å². The summed E-state index contributed by atoms with van der Waals surface area (Å²) in [4.78, 5) is 31.6. The summed E-state index contributed by atoms with van der Waals surface area (Å²) in [5.74, 6) is -0.321. The van der Waals surface area contributed by atoms with Gasteiger partial charge in [0.05, 0.1) is 15.9 Å². The van der Waals surface area contributed by atoms with Crippen molar-refractivity contribution >= 4 is 28.8 Å². The second-order valence-electron chi connectivity index (χ2n) is 10.4. The van der Waals surface area contributed by atoms with Gasteiger partial charge in [-0.15, -0.1) is 11.3 Å². The summed E-state index contributed by atoms with van der Waals surface area (Å²) in [6.07, 6.45) is 7.06.